The van der Waals surface area contributed by atoms with Gasteiger partial charge in [-0.15, -0.1) is 0 Å². The Balaban J connectivity index is 1.66. The Kier molecular flexibility index (Phi) is 4.52. The number of allylic oxidation sites excluding steroid dienone is 1. The van der Waals surface area contributed by atoms with Gasteiger partial charge in [0.15, 0.2) is 0 Å². The Morgan fingerprint density at radius 2 is 1.89 bits per heavy atom. The van der Waals surface area contributed by atoms with E-state index >= 15 is 0 Å². The summed E-state index contributed by atoms with van der Waals surface area (Å²) in [6, 6.07) is 5.75. The van der Waals surface area contributed by atoms with Gasteiger partial charge in [-0.1, -0.05) is 0 Å². The van der Waals surface area contributed by atoms with Crippen LogP contribution in [0.1, 0.15) is 32.8 Å². The van der Waals surface area contributed by atoms with E-state index in [1.54, 1.807) is 0 Å². The molecule has 1 N–H and O–H groups in total. The third-order valence-electron chi connectivity index (χ3n) is 5.52. The first-order valence-electron chi connectivity index (χ1n) is 9.48. The lowest BCUT2D eigenvalue weighted by atomic mass is 9.90. The number of piperazine rings is 1. The first-order chi connectivity index (χ1) is 12.9. The van der Waals surface area contributed by atoms with Crippen molar-refractivity contribution in [2.24, 2.45) is 0 Å². The number of rotatable bonds is 2. The van der Waals surface area contributed by atoms with Crippen LogP contribution in [0.15, 0.2) is 30.0 Å². The summed E-state index contributed by atoms with van der Waals surface area (Å²) in [6.07, 6.45) is 3.44. The number of likely N-dealkylation sites (N-methyl/N-ethyl adjacent to an activating group) is 1. The maximum Gasteiger partial charge on any atom is 0.253 e. The number of amides is 1. The number of hydrogen-bond donors (Lipinski definition) is 1. The van der Waals surface area contributed by atoms with Crippen molar-refractivity contribution < 1.29 is 9.59 Å². The van der Waals surface area contributed by atoms with Gasteiger partial charge in [-0.05, 0) is 43.7 Å². The molecule has 0 radical (unpaired) electrons. The van der Waals surface area contributed by atoms with E-state index in [0.29, 0.717) is 11.3 Å². The average Bonchev–Trinajstić information content (AvgIpc) is 3.02. The van der Waals surface area contributed by atoms with Gasteiger partial charge < -0.3 is 19.7 Å². The molecule has 0 atom stereocenters. The zero-order valence-corrected chi connectivity index (χ0v) is 16.2. The Hall–Kier alpha value is -2.60. The molecule has 142 valence electrons. The highest BCUT2D eigenvalue weighted by atomic mass is 16.2. The Morgan fingerprint density at radius 3 is 2.59 bits per heavy atom. The maximum atomic E-state index is 12.9. The van der Waals surface area contributed by atoms with Gasteiger partial charge in [0.05, 0.1) is 5.69 Å². The fourth-order valence-electron chi connectivity index (χ4n) is 3.99. The zero-order valence-electron chi connectivity index (χ0n) is 16.2. The summed E-state index contributed by atoms with van der Waals surface area (Å²) < 4.78 is 0. The van der Waals surface area contributed by atoms with Gasteiger partial charge in [0.2, 0.25) is 5.78 Å². The monoisotopic (exact) mass is 366 g/mol. The van der Waals surface area contributed by atoms with E-state index in [4.69, 9.17) is 0 Å². The van der Waals surface area contributed by atoms with E-state index in [9.17, 15) is 9.59 Å². The highest BCUT2D eigenvalue weighted by Crippen LogP contribution is 2.32. The van der Waals surface area contributed by atoms with Crippen LogP contribution < -0.4 is 0 Å². The number of aromatic amines is 1. The van der Waals surface area contributed by atoms with Crippen molar-refractivity contribution in [2.45, 2.75) is 12.8 Å². The van der Waals surface area contributed by atoms with Crippen LogP contribution in [0.5, 0.6) is 0 Å². The highest BCUT2D eigenvalue weighted by molar-refractivity contribution is 6.13. The molecule has 0 bridgehead atoms. The topological polar surface area (TPSA) is 59.7 Å². The summed E-state index contributed by atoms with van der Waals surface area (Å²) in [5.41, 5.74) is 4.17. The van der Waals surface area contributed by atoms with Crippen LogP contribution in [-0.4, -0.2) is 78.7 Å². The lowest BCUT2D eigenvalue weighted by molar-refractivity contribution is 0.0664. The second kappa shape index (κ2) is 6.85. The largest absolute Gasteiger partial charge is 0.383 e. The van der Waals surface area contributed by atoms with E-state index in [-0.39, 0.29) is 11.7 Å². The van der Waals surface area contributed by atoms with Crippen LogP contribution in [0.2, 0.25) is 0 Å². The number of aromatic nitrogens is 1. The molecule has 4 rings (SSSR count). The number of Topliss-reactive ketones (excluding diaryl/α,β-unsaturated/α-hetero) is 1. The van der Waals surface area contributed by atoms with E-state index in [1.165, 1.54) is 0 Å². The van der Waals surface area contributed by atoms with Crippen LogP contribution in [0, 0.1) is 0 Å². The van der Waals surface area contributed by atoms with Crippen LogP contribution in [-0.2, 0) is 6.42 Å². The third kappa shape index (κ3) is 3.25. The number of H-pyrrole nitrogens is 1. The molecule has 1 fully saturated rings. The number of nitrogens with one attached hydrogen (secondary N) is 1. The summed E-state index contributed by atoms with van der Waals surface area (Å²) in [5, 5.41) is 1.00. The van der Waals surface area contributed by atoms with Gasteiger partial charge in [-0.3, -0.25) is 9.59 Å². The summed E-state index contributed by atoms with van der Waals surface area (Å²) in [4.78, 5) is 35.1. The molecular formula is C21H26N4O2. The number of carbonyl (C=O) groups is 2. The number of hydrogen-bond acceptors (Lipinski definition) is 4. The SMILES string of the molecule is CN(C)C=C1CCc2c([nH]c3ccc(C(=O)N4CCN(C)CC4)cc23)C1=O. The van der Waals surface area contributed by atoms with Crippen molar-refractivity contribution >= 4 is 22.6 Å². The lowest BCUT2D eigenvalue weighted by Crippen LogP contribution is -2.47. The zero-order chi connectivity index (χ0) is 19.1. The molecule has 2 aromatic rings. The minimum atomic E-state index is 0.0631. The molecule has 0 spiro atoms. The van der Waals surface area contributed by atoms with E-state index in [0.717, 1.165) is 61.1 Å². The van der Waals surface area contributed by atoms with Crippen LogP contribution in [0.4, 0.5) is 0 Å². The molecule has 1 aliphatic carbocycles. The molecular weight excluding hydrogens is 340 g/mol. The predicted molar refractivity (Wildman–Crippen MR) is 106 cm³/mol. The lowest BCUT2D eigenvalue weighted by Gasteiger charge is -2.32. The van der Waals surface area contributed by atoms with Crippen molar-refractivity contribution in [3.05, 3.63) is 46.8 Å². The summed E-state index contributed by atoms with van der Waals surface area (Å²) in [6.45, 7) is 3.33. The number of benzene rings is 1. The van der Waals surface area contributed by atoms with E-state index in [1.807, 2.05) is 48.3 Å². The molecule has 1 aliphatic heterocycles. The molecule has 6 nitrogen and oxygen atoms in total. The van der Waals surface area contributed by atoms with Crippen LogP contribution in [0.25, 0.3) is 10.9 Å². The molecule has 2 heterocycles. The molecule has 1 saturated heterocycles. The first kappa shape index (κ1) is 17.8. The molecule has 6 heteroatoms. The van der Waals surface area contributed by atoms with Crippen LogP contribution in [0.3, 0.4) is 0 Å². The first-order valence-corrected chi connectivity index (χ1v) is 9.48. The minimum absolute atomic E-state index is 0.0631. The average molecular weight is 366 g/mol. The van der Waals surface area contributed by atoms with Gasteiger partial charge in [-0.2, -0.15) is 0 Å². The Bertz CT molecular complexity index is 933. The van der Waals surface area contributed by atoms with Crippen molar-refractivity contribution in [3.63, 3.8) is 0 Å². The van der Waals surface area contributed by atoms with Crippen molar-refractivity contribution in [2.75, 3.05) is 47.3 Å². The molecule has 1 aromatic carbocycles. The molecule has 2 aliphatic rings. The molecule has 1 aromatic heterocycles. The second-order valence-electron chi connectivity index (χ2n) is 7.78. The molecule has 0 saturated carbocycles. The Morgan fingerprint density at radius 1 is 1.15 bits per heavy atom. The summed E-state index contributed by atoms with van der Waals surface area (Å²) in [7, 11) is 5.93. The molecule has 0 unspecified atom stereocenters. The Labute approximate surface area is 159 Å². The van der Waals surface area contributed by atoms with E-state index in [2.05, 4.69) is 16.9 Å². The van der Waals surface area contributed by atoms with Gasteiger partial charge in [0, 0.05) is 68.5 Å². The fourth-order valence-corrected chi connectivity index (χ4v) is 3.99. The van der Waals surface area contributed by atoms with Gasteiger partial charge in [0.1, 0.15) is 0 Å². The fraction of sp³-hybridized carbons (Fsp3) is 0.429. The minimum Gasteiger partial charge on any atom is -0.383 e. The normalized spacial score (nSPS) is 19.6. The number of nitrogens with zero attached hydrogens (tertiary/aromatic N) is 3. The molecule has 1 amide bonds. The van der Waals surface area contributed by atoms with Crippen molar-refractivity contribution in [1.82, 2.24) is 19.7 Å². The standard InChI is InChI=1S/C21H26N4O2/c1-23(2)13-15-4-6-16-17-12-14(5-7-18(17)22-19(16)20(15)26)21(27)25-10-8-24(3)9-11-25/h5,7,12-13,22H,4,6,8-11H2,1-3H3. The second-order valence-corrected chi connectivity index (χ2v) is 7.78. The number of ketones is 1. The van der Waals surface area contributed by atoms with Crippen LogP contribution >= 0.6 is 0 Å². The van der Waals surface area contributed by atoms with E-state index < -0.39 is 0 Å². The quantitative estimate of drug-likeness (QED) is 0.828. The highest BCUT2D eigenvalue weighted by Gasteiger charge is 2.27. The number of aryl methyl sites for hydroxylation is 1. The van der Waals surface area contributed by atoms with Gasteiger partial charge in [-0.25, -0.2) is 0 Å². The van der Waals surface area contributed by atoms with Gasteiger partial charge >= 0.3 is 0 Å². The number of carbonyl (C=O) groups excluding carboxylic acids is 2. The third-order valence-corrected chi connectivity index (χ3v) is 5.52. The van der Waals surface area contributed by atoms with Crippen molar-refractivity contribution in [1.29, 1.82) is 0 Å². The smallest absolute Gasteiger partial charge is 0.253 e. The van der Waals surface area contributed by atoms with Gasteiger partial charge in [0.25, 0.3) is 5.91 Å². The number of fused-ring (bicyclic) bond motifs is 3. The molecule has 27 heavy (non-hydrogen) atoms. The van der Waals surface area contributed by atoms with Crippen molar-refractivity contribution in [3.8, 4) is 0 Å². The maximum absolute atomic E-state index is 12.9. The summed E-state index contributed by atoms with van der Waals surface area (Å²) >= 11 is 0. The predicted octanol–water partition coefficient (Wildman–Crippen LogP) is 2.13. The summed E-state index contributed by atoms with van der Waals surface area (Å²) in [5.74, 6) is 0.142.